The molecule has 1 aliphatic rings. The fourth-order valence-electron chi connectivity index (χ4n) is 2.25. The van der Waals surface area contributed by atoms with Gasteiger partial charge < -0.3 is 20.5 Å². The van der Waals surface area contributed by atoms with Crippen LogP contribution in [0.5, 0.6) is 0 Å². The van der Waals surface area contributed by atoms with E-state index >= 15 is 0 Å². The molecule has 19 heavy (non-hydrogen) atoms. The van der Waals surface area contributed by atoms with Gasteiger partial charge in [0, 0.05) is 26.4 Å². The number of rotatable bonds is 7. The molecule has 5 nitrogen and oxygen atoms in total. The van der Waals surface area contributed by atoms with Crippen LogP contribution in [-0.4, -0.2) is 44.9 Å². The molecule has 0 aromatic rings. The molecule has 1 aliphatic heterocycles. The van der Waals surface area contributed by atoms with Crippen molar-refractivity contribution in [2.24, 2.45) is 17.1 Å². The molecule has 0 bridgehead atoms. The summed E-state index contributed by atoms with van der Waals surface area (Å²) in [6, 6.07) is 0.0405. The Hall–Kier alpha value is -0.650. The molecule has 1 heterocycles. The molecule has 1 saturated heterocycles. The fraction of sp³-hybridized carbons (Fsp3) is 0.929. The van der Waals surface area contributed by atoms with Gasteiger partial charge in [-0.2, -0.15) is 0 Å². The molecule has 0 spiro atoms. The number of amides is 1. The van der Waals surface area contributed by atoms with Crippen molar-refractivity contribution in [1.29, 1.82) is 0 Å². The zero-order valence-corrected chi connectivity index (χ0v) is 12.4. The molecule has 1 amide bonds. The smallest absolute Gasteiger partial charge is 0.227 e. The Labute approximate surface area is 116 Å². The van der Waals surface area contributed by atoms with E-state index in [1.54, 1.807) is 0 Å². The summed E-state index contributed by atoms with van der Waals surface area (Å²) in [5, 5.41) is 3.11. The fourth-order valence-corrected chi connectivity index (χ4v) is 2.25. The van der Waals surface area contributed by atoms with Gasteiger partial charge in [0.15, 0.2) is 0 Å². The summed E-state index contributed by atoms with van der Waals surface area (Å²) in [7, 11) is 0. The molecule has 1 atom stereocenters. The van der Waals surface area contributed by atoms with E-state index in [-0.39, 0.29) is 11.9 Å². The van der Waals surface area contributed by atoms with Crippen molar-refractivity contribution in [3.8, 4) is 0 Å². The van der Waals surface area contributed by atoms with Crippen LogP contribution < -0.4 is 11.1 Å². The SMILES string of the molecule is CCOCC(NC(=O)C1(CN)CCOCC1)C(C)C. The molecule has 0 radical (unpaired) electrons. The summed E-state index contributed by atoms with van der Waals surface area (Å²) in [5.74, 6) is 0.391. The van der Waals surface area contributed by atoms with E-state index in [0.717, 1.165) is 0 Å². The molecular weight excluding hydrogens is 244 g/mol. The Balaban J connectivity index is 2.63. The predicted octanol–water partition coefficient (Wildman–Crippen LogP) is 0.919. The summed E-state index contributed by atoms with van der Waals surface area (Å²) in [6.07, 6.45) is 1.41. The molecule has 0 aromatic heterocycles. The molecule has 0 saturated carbocycles. The van der Waals surface area contributed by atoms with Gasteiger partial charge in [0.2, 0.25) is 5.91 Å². The van der Waals surface area contributed by atoms with Crippen LogP contribution >= 0.6 is 0 Å². The molecule has 0 aromatic carbocycles. The van der Waals surface area contributed by atoms with Crippen molar-refractivity contribution < 1.29 is 14.3 Å². The highest BCUT2D eigenvalue weighted by Crippen LogP contribution is 2.29. The molecule has 1 fully saturated rings. The van der Waals surface area contributed by atoms with Gasteiger partial charge in [0.1, 0.15) is 0 Å². The number of nitrogens with two attached hydrogens (primary N) is 1. The minimum atomic E-state index is -0.461. The third-order valence-corrected chi connectivity index (χ3v) is 3.95. The monoisotopic (exact) mass is 272 g/mol. The summed E-state index contributed by atoms with van der Waals surface area (Å²) in [4.78, 5) is 12.5. The number of ether oxygens (including phenoxy) is 2. The van der Waals surface area contributed by atoms with Crippen LogP contribution in [0.25, 0.3) is 0 Å². The van der Waals surface area contributed by atoms with Crippen LogP contribution in [0.4, 0.5) is 0 Å². The lowest BCUT2D eigenvalue weighted by Gasteiger charge is -2.36. The lowest BCUT2D eigenvalue weighted by atomic mass is 9.79. The van der Waals surface area contributed by atoms with Crippen molar-refractivity contribution in [3.63, 3.8) is 0 Å². The van der Waals surface area contributed by atoms with Crippen molar-refractivity contribution in [3.05, 3.63) is 0 Å². The number of nitrogens with one attached hydrogen (secondary N) is 1. The Morgan fingerprint density at radius 2 is 2.05 bits per heavy atom. The van der Waals surface area contributed by atoms with E-state index in [1.807, 2.05) is 6.92 Å². The van der Waals surface area contributed by atoms with E-state index < -0.39 is 5.41 Å². The van der Waals surface area contributed by atoms with Gasteiger partial charge in [0.25, 0.3) is 0 Å². The van der Waals surface area contributed by atoms with Gasteiger partial charge in [-0.25, -0.2) is 0 Å². The first kappa shape index (κ1) is 16.4. The summed E-state index contributed by atoms with van der Waals surface area (Å²) < 4.78 is 10.8. The maximum absolute atomic E-state index is 12.5. The number of hydrogen-bond donors (Lipinski definition) is 2. The molecule has 3 N–H and O–H groups in total. The Kier molecular flexibility index (Phi) is 6.75. The number of carbonyl (C=O) groups is 1. The molecule has 5 heteroatoms. The van der Waals surface area contributed by atoms with Crippen molar-refractivity contribution >= 4 is 5.91 Å². The highest BCUT2D eigenvalue weighted by atomic mass is 16.5. The second kappa shape index (κ2) is 7.82. The predicted molar refractivity (Wildman–Crippen MR) is 74.8 cm³/mol. The van der Waals surface area contributed by atoms with Gasteiger partial charge in [-0.15, -0.1) is 0 Å². The molecule has 0 aliphatic carbocycles. The third kappa shape index (κ3) is 4.44. The number of carbonyl (C=O) groups excluding carboxylic acids is 1. The van der Waals surface area contributed by atoms with Crippen LogP contribution in [0.3, 0.4) is 0 Å². The van der Waals surface area contributed by atoms with Crippen LogP contribution in [0.1, 0.15) is 33.6 Å². The Morgan fingerprint density at radius 3 is 2.53 bits per heavy atom. The van der Waals surface area contributed by atoms with Crippen LogP contribution in [-0.2, 0) is 14.3 Å². The van der Waals surface area contributed by atoms with Crippen molar-refractivity contribution in [1.82, 2.24) is 5.32 Å². The number of hydrogen-bond acceptors (Lipinski definition) is 4. The minimum absolute atomic E-state index is 0.0405. The van der Waals surface area contributed by atoms with Crippen LogP contribution in [0, 0.1) is 11.3 Å². The summed E-state index contributed by atoms with van der Waals surface area (Å²) in [6.45, 7) is 8.95. The van der Waals surface area contributed by atoms with Gasteiger partial charge in [-0.1, -0.05) is 13.8 Å². The second-order valence-electron chi connectivity index (χ2n) is 5.58. The zero-order valence-electron chi connectivity index (χ0n) is 12.4. The van der Waals surface area contributed by atoms with E-state index in [0.29, 0.717) is 51.7 Å². The lowest BCUT2D eigenvalue weighted by Crippen LogP contribution is -2.53. The molecule has 112 valence electrons. The van der Waals surface area contributed by atoms with Gasteiger partial charge in [-0.3, -0.25) is 4.79 Å². The average molecular weight is 272 g/mol. The van der Waals surface area contributed by atoms with Crippen molar-refractivity contribution in [2.45, 2.75) is 39.7 Å². The normalized spacial score (nSPS) is 20.3. The first-order valence-electron chi connectivity index (χ1n) is 7.22. The zero-order chi connectivity index (χ0) is 14.3. The van der Waals surface area contributed by atoms with Crippen LogP contribution in [0.2, 0.25) is 0 Å². The van der Waals surface area contributed by atoms with E-state index in [9.17, 15) is 4.79 Å². The van der Waals surface area contributed by atoms with Gasteiger partial charge in [0.05, 0.1) is 18.1 Å². The first-order chi connectivity index (χ1) is 9.05. The summed E-state index contributed by atoms with van der Waals surface area (Å²) >= 11 is 0. The third-order valence-electron chi connectivity index (χ3n) is 3.95. The minimum Gasteiger partial charge on any atom is -0.381 e. The molecular formula is C14H28N2O3. The Morgan fingerprint density at radius 1 is 1.42 bits per heavy atom. The maximum Gasteiger partial charge on any atom is 0.227 e. The first-order valence-corrected chi connectivity index (χ1v) is 7.22. The standard InChI is InChI=1S/C14H28N2O3/c1-4-18-9-12(11(2)3)16-13(17)14(10-15)5-7-19-8-6-14/h11-12H,4-10,15H2,1-3H3,(H,16,17). The second-order valence-corrected chi connectivity index (χ2v) is 5.58. The highest BCUT2D eigenvalue weighted by molar-refractivity contribution is 5.83. The highest BCUT2D eigenvalue weighted by Gasteiger charge is 2.39. The topological polar surface area (TPSA) is 73.6 Å². The van der Waals surface area contributed by atoms with E-state index in [1.165, 1.54) is 0 Å². The van der Waals surface area contributed by atoms with Gasteiger partial charge >= 0.3 is 0 Å². The molecule has 1 rings (SSSR count). The average Bonchev–Trinajstić information content (AvgIpc) is 2.43. The van der Waals surface area contributed by atoms with Crippen LogP contribution in [0.15, 0.2) is 0 Å². The summed E-state index contributed by atoms with van der Waals surface area (Å²) in [5.41, 5.74) is 5.38. The maximum atomic E-state index is 12.5. The van der Waals surface area contributed by atoms with Crippen molar-refractivity contribution in [2.75, 3.05) is 33.0 Å². The van der Waals surface area contributed by atoms with Gasteiger partial charge in [-0.05, 0) is 25.7 Å². The van der Waals surface area contributed by atoms with E-state index in [2.05, 4.69) is 19.2 Å². The largest absolute Gasteiger partial charge is 0.381 e. The lowest BCUT2D eigenvalue weighted by molar-refractivity contribution is -0.137. The Bertz CT molecular complexity index is 276. The van der Waals surface area contributed by atoms with E-state index in [4.69, 9.17) is 15.2 Å². The quantitative estimate of drug-likeness (QED) is 0.723. The molecule has 1 unspecified atom stereocenters.